The van der Waals surface area contributed by atoms with Crippen LogP contribution < -0.4 is 11.1 Å². The first-order valence-corrected chi connectivity index (χ1v) is 5.03. The van der Waals surface area contributed by atoms with Crippen molar-refractivity contribution in [3.05, 3.63) is 11.9 Å². The van der Waals surface area contributed by atoms with Gasteiger partial charge in [-0.3, -0.25) is 9.48 Å². The summed E-state index contributed by atoms with van der Waals surface area (Å²) in [7, 11) is 1.69. The smallest absolute Gasteiger partial charge is 0.274 e. The largest absolute Gasteiger partial charge is 0.396 e. The summed E-state index contributed by atoms with van der Waals surface area (Å²) in [5.74, 6) is -0.385. The summed E-state index contributed by atoms with van der Waals surface area (Å²) in [5, 5.41) is 16.1. The fraction of sp³-hybridized carbons (Fsp3) is 0.600. The number of hydrogen-bond donors (Lipinski definition) is 3. The molecule has 1 heterocycles. The average molecular weight is 226 g/mol. The Hall–Kier alpha value is -1.56. The van der Waals surface area contributed by atoms with Crippen molar-refractivity contribution >= 4 is 11.6 Å². The van der Waals surface area contributed by atoms with Gasteiger partial charge in [-0.05, 0) is 20.8 Å². The molecule has 0 saturated heterocycles. The Morgan fingerprint density at radius 3 is 2.62 bits per heavy atom. The van der Waals surface area contributed by atoms with Crippen molar-refractivity contribution in [2.45, 2.75) is 32.4 Å². The molecule has 1 atom stereocenters. The lowest BCUT2D eigenvalue weighted by molar-refractivity contribution is 0.0705. The van der Waals surface area contributed by atoms with E-state index in [0.717, 1.165) is 0 Å². The predicted molar refractivity (Wildman–Crippen MR) is 60.8 cm³/mol. The van der Waals surface area contributed by atoms with Crippen molar-refractivity contribution in [2.24, 2.45) is 7.05 Å². The van der Waals surface area contributed by atoms with E-state index in [1.165, 1.54) is 4.68 Å². The SMILES string of the molecule is CC(O)C(C)(C)NC(=O)c1nn(C)cc1N. The van der Waals surface area contributed by atoms with E-state index < -0.39 is 11.6 Å². The van der Waals surface area contributed by atoms with Gasteiger partial charge in [0.2, 0.25) is 0 Å². The molecule has 6 heteroatoms. The Balaban J connectivity index is 2.85. The summed E-state index contributed by atoms with van der Waals surface area (Å²) in [4.78, 5) is 11.8. The van der Waals surface area contributed by atoms with Crippen LogP contribution in [0, 0.1) is 0 Å². The van der Waals surface area contributed by atoms with Crippen LogP contribution in [0.4, 0.5) is 5.69 Å². The molecule has 0 aliphatic rings. The average Bonchev–Trinajstić information content (AvgIpc) is 2.44. The third-order valence-electron chi connectivity index (χ3n) is 2.55. The second-order valence-corrected chi connectivity index (χ2v) is 4.46. The molecule has 1 unspecified atom stereocenters. The molecule has 6 nitrogen and oxygen atoms in total. The number of carbonyl (C=O) groups excluding carboxylic acids is 1. The Morgan fingerprint density at radius 2 is 2.25 bits per heavy atom. The molecular formula is C10H18N4O2. The number of nitrogens with zero attached hydrogens (tertiary/aromatic N) is 2. The molecule has 0 fully saturated rings. The molecule has 0 radical (unpaired) electrons. The van der Waals surface area contributed by atoms with Crippen LogP contribution in [-0.2, 0) is 7.05 Å². The van der Waals surface area contributed by atoms with Gasteiger partial charge in [0.15, 0.2) is 5.69 Å². The molecule has 1 aromatic heterocycles. The monoisotopic (exact) mass is 226 g/mol. The lowest BCUT2D eigenvalue weighted by Gasteiger charge is -2.28. The highest BCUT2D eigenvalue weighted by molar-refractivity contribution is 5.97. The number of nitrogens with two attached hydrogens (primary N) is 1. The van der Waals surface area contributed by atoms with Gasteiger partial charge in [0.05, 0.1) is 17.3 Å². The van der Waals surface area contributed by atoms with Gasteiger partial charge < -0.3 is 16.2 Å². The topological polar surface area (TPSA) is 93.2 Å². The number of rotatable bonds is 3. The summed E-state index contributed by atoms with van der Waals surface area (Å²) in [6.45, 7) is 5.07. The number of nitrogens with one attached hydrogen (secondary N) is 1. The van der Waals surface area contributed by atoms with Gasteiger partial charge in [0.1, 0.15) is 0 Å². The second kappa shape index (κ2) is 4.13. The standard InChI is InChI=1S/C10H18N4O2/c1-6(15)10(2,3)12-9(16)8-7(11)5-14(4)13-8/h5-6,15H,11H2,1-4H3,(H,12,16). The van der Waals surface area contributed by atoms with E-state index in [1.807, 2.05) is 0 Å². The summed E-state index contributed by atoms with van der Waals surface area (Å²) in [6, 6.07) is 0. The van der Waals surface area contributed by atoms with Gasteiger partial charge in [-0.25, -0.2) is 0 Å². The number of aryl methyl sites for hydroxylation is 1. The Kier molecular flexibility index (Phi) is 3.23. The van der Waals surface area contributed by atoms with Gasteiger partial charge in [0, 0.05) is 13.2 Å². The maximum Gasteiger partial charge on any atom is 0.274 e. The molecule has 0 spiro atoms. The number of anilines is 1. The van der Waals surface area contributed by atoms with Gasteiger partial charge in [-0.1, -0.05) is 0 Å². The summed E-state index contributed by atoms with van der Waals surface area (Å²) in [5.41, 5.74) is 5.41. The first-order chi connectivity index (χ1) is 7.24. The van der Waals surface area contributed by atoms with Gasteiger partial charge in [0.25, 0.3) is 5.91 Å². The van der Waals surface area contributed by atoms with Gasteiger partial charge in [-0.15, -0.1) is 0 Å². The lowest BCUT2D eigenvalue weighted by Crippen LogP contribution is -2.51. The number of amides is 1. The molecule has 0 saturated carbocycles. The Morgan fingerprint density at radius 1 is 1.69 bits per heavy atom. The van der Waals surface area contributed by atoms with Gasteiger partial charge in [-0.2, -0.15) is 5.10 Å². The molecule has 1 rings (SSSR count). The Bertz CT molecular complexity index is 396. The highest BCUT2D eigenvalue weighted by atomic mass is 16.3. The first kappa shape index (κ1) is 12.5. The quantitative estimate of drug-likeness (QED) is 0.670. The molecule has 0 aliphatic heterocycles. The van der Waals surface area contributed by atoms with Crippen LogP contribution in [0.1, 0.15) is 31.3 Å². The van der Waals surface area contributed by atoms with Crippen molar-refractivity contribution < 1.29 is 9.90 Å². The number of aliphatic hydroxyl groups is 1. The highest BCUT2D eigenvalue weighted by Crippen LogP contribution is 2.13. The lowest BCUT2D eigenvalue weighted by atomic mass is 9.98. The zero-order chi connectivity index (χ0) is 12.5. The number of aromatic nitrogens is 2. The molecule has 16 heavy (non-hydrogen) atoms. The predicted octanol–water partition coefficient (Wildman–Crippen LogP) is -0.109. The number of aliphatic hydroxyl groups excluding tert-OH is 1. The molecule has 0 aromatic carbocycles. The minimum absolute atomic E-state index is 0.177. The fourth-order valence-electron chi connectivity index (χ4n) is 1.14. The molecule has 90 valence electrons. The van der Waals surface area contributed by atoms with Gasteiger partial charge >= 0.3 is 0 Å². The van der Waals surface area contributed by atoms with Crippen LogP contribution in [0.15, 0.2) is 6.20 Å². The number of nitrogen functional groups attached to an aromatic ring is 1. The molecule has 0 bridgehead atoms. The van der Waals surface area contributed by atoms with E-state index in [2.05, 4.69) is 10.4 Å². The normalized spacial score (nSPS) is 13.6. The van der Waals surface area contributed by atoms with Crippen LogP contribution in [0.25, 0.3) is 0 Å². The minimum Gasteiger partial charge on any atom is -0.396 e. The van der Waals surface area contributed by atoms with Crippen molar-refractivity contribution in [2.75, 3.05) is 5.73 Å². The minimum atomic E-state index is -0.721. The Labute approximate surface area is 94.4 Å². The first-order valence-electron chi connectivity index (χ1n) is 5.03. The summed E-state index contributed by atoms with van der Waals surface area (Å²) < 4.78 is 1.47. The van der Waals surface area contributed by atoms with E-state index in [1.54, 1.807) is 34.0 Å². The van der Waals surface area contributed by atoms with Crippen molar-refractivity contribution in [3.8, 4) is 0 Å². The van der Waals surface area contributed by atoms with E-state index >= 15 is 0 Å². The van der Waals surface area contributed by atoms with Crippen LogP contribution in [0.3, 0.4) is 0 Å². The maximum absolute atomic E-state index is 11.8. The van der Waals surface area contributed by atoms with Crippen LogP contribution >= 0.6 is 0 Å². The van der Waals surface area contributed by atoms with E-state index in [-0.39, 0.29) is 11.6 Å². The summed E-state index contributed by atoms with van der Waals surface area (Å²) in [6.07, 6.45) is 0.894. The van der Waals surface area contributed by atoms with Crippen LogP contribution in [0.2, 0.25) is 0 Å². The maximum atomic E-state index is 11.8. The van der Waals surface area contributed by atoms with Crippen LogP contribution in [0.5, 0.6) is 0 Å². The van der Waals surface area contributed by atoms with E-state index in [9.17, 15) is 9.90 Å². The molecule has 1 aromatic rings. The second-order valence-electron chi connectivity index (χ2n) is 4.46. The van der Waals surface area contributed by atoms with Crippen LogP contribution in [-0.4, -0.2) is 32.4 Å². The highest BCUT2D eigenvalue weighted by Gasteiger charge is 2.28. The molecule has 4 N–H and O–H groups in total. The number of carbonyl (C=O) groups is 1. The van der Waals surface area contributed by atoms with E-state index in [4.69, 9.17) is 5.73 Å². The molecular weight excluding hydrogens is 208 g/mol. The van der Waals surface area contributed by atoms with Crippen molar-refractivity contribution in [1.29, 1.82) is 0 Å². The molecule has 1 amide bonds. The summed E-state index contributed by atoms with van der Waals surface area (Å²) >= 11 is 0. The zero-order valence-corrected chi connectivity index (χ0v) is 9.98. The fourth-order valence-corrected chi connectivity index (χ4v) is 1.14. The zero-order valence-electron chi connectivity index (χ0n) is 9.98. The number of hydrogen-bond acceptors (Lipinski definition) is 4. The third kappa shape index (κ3) is 2.52. The third-order valence-corrected chi connectivity index (χ3v) is 2.55. The molecule has 0 aliphatic carbocycles. The van der Waals surface area contributed by atoms with Crippen molar-refractivity contribution in [3.63, 3.8) is 0 Å². The van der Waals surface area contributed by atoms with E-state index in [0.29, 0.717) is 5.69 Å². The van der Waals surface area contributed by atoms with Crippen molar-refractivity contribution in [1.82, 2.24) is 15.1 Å².